The Balaban J connectivity index is 1.51. The molecule has 0 aromatic heterocycles. The number of ether oxygens (including phenoxy) is 1. The summed E-state index contributed by atoms with van der Waals surface area (Å²) < 4.78 is 31.7. The average Bonchev–Trinajstić information content (AvgIpc) is 2.79. The first kappa shape index (κ1) is 23.0. The Hall–Kier alpha value is -3.69. The molecular weight excluding hydrogens is 430 g/mol. The third-order valence-corrected chi connectivity index (χ3v) is 6.32. The van der Waals surface area contributed by atoms with E-state index >= 15 is 0 Å². The summed E-state index contributed by atoms with van der Waals surface area (Å²) >= 11 is 0. The molecule has 0 spiro atoms. The standard InChI is InChI=1S/C23H23N3O5S/c1-17-8-14-21(15-9-17)32(29,30)26(2)16-22(27)24-25-23(28)18-10-12-20(13-11-18)31-19-6-4-3-5-7-19/h3-15H,16H2,1-2H3,(H,24,27)(H,25,28). The van der Waals surface area contributed by atoms with Crippen LogP contribution in [0.25, 0.3) is 0 Å². The van der Waals surface area contributed by atoms with Crippen molar-refractivity contribution in [3.05, 3.63) is 90.0 Å². The number of nitrogens with one attached hydrogen (secondary N) is 2. The van der Waals surface area contributed by atoms with Gasteiger partial charge in [0.15, 0.2) is 0 Å². The van der Waals surface area contributed by atoms with Crippen LogP contribution in [0.5, 0.6) is 11.5 Å². The number of hydrogen-bond acceptors (Lipinski definition) is 5. The monoisotopic (exact) mass is 453 g/mol. The largest absolute Gasteiger partial charge is 0.457 e. The Kier molecular flexibility index (Phi) is 7.24. The summed E-state index contributed by atoms with van der Waals surface area (Å²) in [6.45, 7) is 1.39. The summed E-state index contributed by atoms with van der Waals surface area (Å²) in [6.07, 6.45) is 0. The minimum absolute atomic E-state index is 0.0836. The topological polar surface area (TPSA) is 105 Å². The molecule has 3 aromatic carbocycles. The van der Waals surface area contributed by atoms with Gasteiger partial charge < -0.3 is 4.74 Å². The van der Waals surface area contributed by atoms with Crippen molar-refractivity contribution >= 4 is 21.8 Å². The van der Waals surface area contributed by atoms with Crippen LogP contribution in [-0.2, 0) is 14.8 Å². The van der Waals surface area contributed by atoms with Crippen LogP contribution in [-0.4, -0.2) is 38.1 Å². The summed E-state index contributed by atoms with van der Waals surface area (Å²) in [5.74, 6) is -0.00405. The van der Waals surface area contributed by atoms with Gasteiger partial charge in [-0.2, -0.15) is 4.31 Å². The number of benzene rings is 3. The zero-order valence-electron chi connectivity index (χ0n) is 17.6. The van der Waals surface area contributed by atoms with Crippen LogP contribution in [0.3, 0.4) is 0 Å². The maximum Gasteiger partial charge on any atom is 0.269 e. The molecule has 0 saturated carbocycles. The molecule has 8 nitrogen and oxygen atoms in total. The van der Waals surface area contributed by atoms with E-state index < -0.39 is 28.4 Å². The number of carbonyl (C=O) groups excluding carboxylic acids is 2. The molecule has 166 valence electrons. The molecule has 2 N–H and O–H groups in total. The van der Waals surface area contributed by atoms with Gasteiger partial charge in [0, 0.05) is 12.6 Å². The number of rotatable bonds is 7. The van der Waals surface area contributed by atoms with Gasteiger partial charge >= 0.3 is 0 Å². The Labute approximate surface area is 186 Å². The van der Waals surface area contributed by atoms with Gasteiger partial charge in [0.25, 0.3) is 11.8 Å². The van der Waals surface area contributed by atoms with Gasteiger partial charge in [0.05, 0.1) is 11.4 Å². The minimum Gasteiger partial charge on any atom is -0.457 e. The van der Waals surface area contributed by atoms with Crippen molar-refractivity contribution in [3.63, 3.8) is 0 Å². The fourth-order valence-electron chi connectivity index (χ4n) is 2.71. The molecule has 0 atom stereocenters. The molecule has 9 heteroatoms. The molecule has 0 saturated heterocycles. The molecule has 0 heterocycles. The highest BCUT2D eigenvalue weighted by atomic mass is 32.2. The normalized spacial score (nSPS) is 11.1. The van der Waals surface area contributed by atoms with Crippen molar-refractivity contribution in [1.82, 2.24) is 15.2 Å². The van der Waals surface area contributed by atoms with Crippen molar-refractivity contribution in [1.29, 1.82) is 0 Å². The lowest BCUT2D eigenvalue weighted by Crippen LogP contribution is -2.46. The van der Waals surface area contributed by atoms with Crippen LogP contribution >= 0.6 is 0 Å². The van der Waals surface area contributed by atoms with Gasteiger partial charge in [-0.15, -0.1) is 0 Å². The number of aryl methyl sites for hydroxylation is 1. The van der Waals surface area contributed by atoms with Crippen LogP contribution in [0.1, 0.15) is 15.9 Å². The van der Waals surface area contributed by atoms with E-state index in [0.29, 0.717) is 17.1 Å². The molecular formula is C23H23N3O5S. The third kappa shape index (κ3) is 5.93. The Morgan fingerprint density at radius 3 is 2.06 bits per heavy atom. The Bertz CT molecular complexity index is 1180. The SMILES string of the molecule is Cc1ccc(S(=O)(=O)N(C)CC(=O)NNC(=O)c2ccc(Oc3ccccc3)cc2)cc1. The number of carbonyl (C=O) groups is 2. The molecule has 3 rings (SSSR count). The maximum atomic E-state index is 12.5. The fraction of sp³-hybridized carbons (Fsp3) is 0.130. The Morgan fingerprint density at radius 2 is 1.44 bits per heavy atom. The molecule has 0 aliphatic carbocycles. The molecule has 32 heavy (non-hydrogen) atoms. The first-order chi connectivity index (χ1) is 15.3. The molecule has 3 aromatic rings. The number of sulfonamides is 1. The average molecular weight is 454 g/mol. The van der Waals surface area contributed by atoms with Gasteiger partial charge in [-0.1, -0.05) is 35.9 Å². The quantitative estimate of drug-likeness (QED) is 0.535. The van der Waals surface area contributed by atoms with Crippen LogP contribution in [0.4, 0.5) is 0 Å². The van der Waals surface area contributed by atoms with Crippen molar-refractivity contribution in [2.45, 2.75) is 11.8 Å². The zero-order valence-corrected chi connectivity index (χ0v) is 18.4. The van der Waals surface area contributed by atoms with Crippen molar-refractivity contribution in [2.75, 3.05) is 13.6 Å². The van der Waals surface area contributed by atoms with Crippen LogP contribution < -0.4 is 15.6 Å². The van der Waals surface area contributed by atoms with E-state index in [1.807, 2.05) is 37.3 Å². The lowest BCUT2D eigenvalue weighted by molar-refractivity contribution is -0.121. The summed E-state index contributed by atoms with van der Waals surface area (Å²) in [5, 5.41) is 0. The number of para-hydroxylation sites is 1. The lowest BCUT2D eigenvalue weighted by atomic mass is 10.2. The van der Waals surface area contributed by atoms with E-state index in [1.54, 1.807) is 36.4 Å². The van der Waals surface area contributed by atoms with E-state index in [2.05, 4.69) is 10.9 Å². The Morgan fingerprint density at radius 1 is 0.844 bits per heavy atom. The summed E-state index contributed by atoms with van der Waals surface area (Å²) in [5.41, 5.74) is 5.71. The van der Waals surface area contributed by atoms with Gasteiger partial charge in [0.2, 0.25) is 10.0 Å². The van der Waals surface area contributed by atoms with Crippen molar-refractivity contribution < 1.29 is 22.7 Å². The predicted octanol–water partition coefficient (Wildman–Crippen LogP) is 2.87. The second-order valence-corrected chi connectivity index (χ2v) is 9.06. The molecule has 2 amide bonds. The van der Waals surface area contributed by atoms with E-state index in [-0.39, 0.29) is 4.90 Å². The van der Waals surface area contributed by atoms with E-state index in [1.165, 1.54) is 19.2 Å². The summed E-state index contributed by atoms with van der Waals surface area (Å²) in [6, 6.07) is 21.9. The number of likely N-dealkylation sites (N-methyl/N-ethyl adjacent to an activating group) is 1. The smallest absolute Gasteiger partial charge is 0.269 e. The highest BCUT2D eigenvalue weighted by Crippen LogP contribution is 2.21. The van der Waals surface area contributed by atoms with E-state index in [0.717, 1.165) is 9.87 Å². The van der Waals surface area contributed by atoms with Gasteiger partial charge in [0.1, 0.15) is 11.5 Å². The lowest BCUT2D eigenvalue weighted by Gasteiger charge is -2.17. The molecule has 0 radical (unpaired) electrons. The minimum atomic E-state index is -3.83. The second-order valence-electron chi connectivity index (χ2n) is 7.02. The number of hydrogen-bond donors (Lipinski definition) is 2. The van der Waals surface area contributed by atoms with Crippen LogP contribution in [0.2, 0.25) is 0 Å². The van der Waals surface area contributed by atoms with Crippen LogP contribution in [0, 0.1) is 6.92 Å². The first-order valence-corrected chi connectivity index (χ1v) is 11.1. The predicted molar refractivity (Wildman–Crippen MR) is 120 cm³/mol. The second kappa shape index (κ2) is 10.1. The molecule has 0 aliphatic rings. The molecule has 0 bridgehead atoms. The fourth-order valence-corrected chi connectivity index (χ4v) is 3.84. The number of nitrogens with zero attached hydrogens (tertiary/aromatic N) is 1. The maximum absolute atomic E-state index is 12.5. The van der Waals surface area contributed by atoms with Crippen molar-refractivity contribution in [2.24, 2.45) is 0 Å². The molecule has 0 aliphatic heterocycles. The molecule has 0 fully saturated rings. The van der Waals surface area contributed by atoms with Crippen LogP contribution in [0.15, 0.2) is 83.8 Å². The highest BCUT2D eigenvalue weighted by molar-refractivity contribution is 7.89. The van der Waals surface area contributed by atoms with Gasteiger partial charge in [-0.25, -0.2) is 8.42 Å². The van der Waals surface area contributed by atoms with E-state index in [9.17, 15) is 18.0 Å². The first-order valence-electron chi connectivity index (χ1n) is 9.71. The van der Waals surface area contributed by atoms with Crippen molar-refractivity contribution in [3.8, 4) is 11.5 Å². The van der Waals surface area contributed by atoms with Gasteiger partial charge in [-0.3, -0.25) is 20.4 Å². The number of amides is 2. The molecule has 0 unspecified atom stereocenters. The summed E-state index contributed by atoms with van der Waals surface area (Å²) in [4.78, 5) is 24.5. The number of hydrazine groups is 1. The van der Waals surface area contributed by atoms with Gasteiger partial charge in [-0.05, 0) is 55.5 Å². The zero-order chi connectivity index (χ0) is 23.1. The highest BCUT2D eigenvalue weighted by Gasteiger charge is 2.23. The van der Waals surface area contributed by atoms with E-state index in [4.69, 9.17) is 4.74 Å². The third-order valence-electron chi connectivity index (χ3n) is 4.51. The summed E-state index contributed by atoms with van der Waals surface area (Å²) in [7, 11) is -2.53.